The Morgan fingerprint density at radius 1 is 1.00 bits per heavy atom. The van der Waals surface area contributed by atoms with Gasteiger partial charge in [0, 0.05) is 24.3 Å². The number of hydrogen-bond donors (Lipinski definition) is 1. The fourth-order valence-electron chi connectivity index (χ4n) is 3.02. The highest BCUT2D eigenvalue weighted by molar-refractivity contribution is 5.94. The van der Waals surface area contributed by atoms with Crippen LogP contribution in [0.5, 0.6) is 5.75 Å². The van der Waals surface area contributed by atoms with Crippen molar-refractivity contribution in [3.63, 3.8) is 0 Å². The topological polar surface area (TPSA) is 68.5 Å². The van der Waals surface area contributed by atoms with Crippen molar-refractivity contribution >= 4 is 30.7 Å². The van der Waals surface area contributed by atoms with E-state index in [2.05, 4.69) is 4.98 Å². The Bertz CT molecular complexity index is 922. The van der Waals surface area contributed by atoms with Gasteiger partial charge >= 0.3 is 0 Å². The highest BCUT2D eigenvalue weighted by atomic mass is 35.5. The largest absolute Gasteiger partial charge is 0.487 e. The zero-order valence-corrected chi connectivity index (χ0v) is 19.2. The van der Waals surface area contributed by atoms with E-state index in [4.69, 9.17) is 10.5 Å². The number of ether oxygens (including phenoxy) is 1. The van der Waals surface area contributed by atoms with Crippen molar-refractivity contribution in [3.05, 3.63) is 95.3 Å². The van der Waals surface area contributed by atoms with Gasteiger partial charge in [-0.05, 0) is 55.3 Å². The molecule has 31 heavy (non-hydrogen) atoms. The summed E-state index contributed by atoms with van der Waals surface area (Å²) in [4.78, 5) is 19.2. The van der Waals surface area contributed by atoms with Crippen LogP contribution in [-0.4, -0.2) is 28.9 Å². The number of carbonyl (C=O) groups excluding carboxylic acids is 1. The molecule has 166 valence electrons. The van der Waals surface area contributed by atoms with Crippen LogP contribution in [0.2, 0.25) is 0 Å². The van der Waals surface area contributed by atoms with Gasteiger partial charge in [-0.15, -0.1) is 24.8 Å². The van der Waals surface area contributed by atoms with Gasteiger partial charge in [-0.3, -0.25) is 9.78 Å². The van der Waals surface area contributed by atoms with Crippen LogP contribution in [0, 0.1) is 6.92 Å². The molecule has 0 saturated carbocycles. The molecule has 0 aliphatic rings. The minimum absolute atomic E-state index is 0. The van der Waals surface area contributed by atoms with Gasteiger partial charge < -0.3 is 15.4 Å². The van der Waals surface area contributed by atoms with Gasteiger partial charge in [0.05, 0.1) is 6.20 Å². The highest BCUT2D eigenvalue weighted by Crippen LogP contribution is 2.15. The van der Waals surface area contributed by atoms with Crippen LogP contribution in [-0.2, 0) is 13.2 Å². The summed E-state index contributed by atoms with van der Waals surface area (Å²) < 4.78 is 5.80. The monoisotopic (exact) mass is 461 g/mol. The number of benzene rings is 2. The number of nitrogens with zero attached hydrogens (tertiary/aromatic N) is 2. The van der Waals surface area contributed by atoms with Gasteiger partial charge in [0.25, 0.3) is 5.91 Å². The van der Waals surface area contributed by atoms with E-state index >= 15 is 0 Å². The standard InChI is InChI=1S/C24H27N3O2.2ClH/c1-19-11-12-23(16-26-19)29-18-21-9-5-10-22(15-21)24(28)27(14-6-13-25)17-20-7-3-2-4-8-20;;/h2-5,7-12,15-16H,6,13-14,17-18,25H2,1H3;2*1H. The minimum atomic E-state index is 0. The van der Waals surface area contributed by atoms with Crippen LogP contribution in [0.4, 0.5) is 0 Å². The summed E-state index contributed by atoms with van der Waals surface area (Å²) in [5, 5.41) is 0. The molecule has 7 heteroatoms. The lowest BCUT2D eigenvalue weighted by molar-refractivity contribution is 0.0742. The summed E-state index contributed by atoms with van der Waals surface area (Å²) in [5.74, 6) is 0.710. The van der Waals surface area contributed by atoms with Gasteiger partial charge in [0.1, 0.15) is 12.4 Å². The SMILES string of the molecule is Cc1ccc(OCc2cccc(C(=O)N(CCCN)Cc3ccccc3)c2)cn1.Cl.Cl. The number of rotatable bonds is 9. The maximum absolute atomic E-state index is 13.2. The lowest BCUT2D eigenvalue weighted by Gasteiger charge is -2.23. The number of amides is 1. The maximum Gasteiger partial charge on any atom is 0.254 e. The molecule has 0 aliphatic heterocycles. The van der Waals surface area contributed by atoms with E-state index in [1.165, 1.54) is 0 Å². The van der Waals surface area contributed by atoms with Gasteiger partial charge in [-0.2, -0.15) is 0 Å². The molecule has 0 saturated heterocycles. The van der Waals surface area contributed by atoms with Crippen molar-refractivity contribution in [2.75, 3.05) is 13.1 Å². The van der Waals surface area contributed by atoms with Crippen molar-refractivity contribution in [2.45, 2.75) is 26.5 Å². The van der Waals surface area contributed by atoms with Crippen molar-refractivity contribution in [3.8, 4) is 5.75 Å². The zero-order chi connectivity index (χ0) is 20.5. The Morgan fingerprint density at radius 2 is 1.74 bits per heavy atom. The van der Waals surface area contributed by atoms with E-state index in [0.29, 0.717) is 37.6 Å². The molecule has 0 unspecified atom stereocenters. The number of aryl methyl sites for hydroxylation is 1. The van der Waals surface area contributed by atoms with Gasteiger partial charge in [-0.25, -0.2) is 0 Å². The Kier molecular flexibility index (Phi) is 11.6. The number of carbonyl (C=O) groups is 1. The van der Waals surface area contributed by atoms with Crippen molar-refractivity contribution in [1.29, 1.82) is 0 Å². The molecule has 0 spiro atoms. The van der Waals surface area contributed by atoms with E-state index < -0.39 is 0 Å². The van der Waals surface area contributed by atoms with E-state index in [-0.39, 0.29) is 30.7 Å². The van der Waals surface area contributed by atoms with E-state index in [1.807, 2.05) is 78.6 Å². The first-order valence-corrected chi connectivity index (χ1v) is 9.83. The maximum atomic E-state index is 13.2. The average Bonchev–Trinajstić information content (AvgIpc) is 2.76. The molecule has 2 N–H and O–H groups in total. The number of hydrogen-bond acceptors (Lipinski definition) is 4. The Morgan fingerprint density at radius 3 is 2.42 bits per heavy atom. The van der Waals surface area contributed by atoms with Gasteiger partial charge in [-0.1, -0.05) is 42.5 Å². The second kappa shape index (κ2) is 13.7. The summed E-state index contributed by atoms with van der Waals surface area (Å²) in [6, 6.07) is 21.4. The third-order valence-corrected chi connectivity index (χ3v) is 4.60. The first-order valence-electron chi connectivity index (χ1n) is 9.83. The van der Waals surface area contributed by atoms with Crippen LogP contribution in [0.3, 0.4) is 0 Å². The van der Waals surface area contributed by atoms with Crippen LogP contribution < -0.4 is 10.5 Å². The van der Waals surface area contributed by atoms with E-state index in [9.17, 15) is 4.79 Å². The number of halogens is 2. The van der Waals surface area contributed by atoms with E-state index in [0.717, 1.165) is 23.2 Å². The average molecular weight is 462 g/mol. The fraction of sp³-hybridized carbons (Fsp3) is 0.250. The molecule has 2 aromatic carbocycles. The predicted octanol–water partition coefficient (Wildman–Crippen LogP) is 4.80. The first kappa shape index (κ1) is 26.4. The second-order valence-electron chi connectivity index (χ2n) is 6.98. The number of aromatic nitrogens is 1. The molecule has 5 nitrogen and oxygen atoms in total. The van der Waals surface area contributed by atoms with Crippen molar-refractivity contribution in [2.24, 2.45) is 5.73 Å². The predicted molar refractivity (Wildman–Crippen MR) is 129 cm³/mol. The molecule has 1 heterocycles. The lowest BCUT2D eigenvalue weighted by atomic mass is 10.1. The molecule has 3 aromatic rings. The molecular formula is C24H29Cl2N3O2. The summed E-state index contributed by atoms with van der Waals surface area (Å²) in [6.45, 7) is 4.06. The molecule has 1 amide bonds. The summed E-state index contributed by atoms with van der Waals surface area (Å²) >= 11 is 0. The second-order valence-corrected chi connectivity index (χ2v) is 6.98. The number of pyridine rings is 1. The van der Waals surface area contributed by atoms with Crippen LogP contribution in [0.25, 0.3) is 0 Å². The molecule has 3 rings (SSSR count). The fourth-order valence-corrected chi connectivity index (χ4v) is 3.02. The summed E-state index contributed by atoms with van der Waals surface area (Å²) in [5.41, 5.74) is 9.32. The van der Waals surface area contributed by atoms with Crippen molar-refractivity contribution in [1.82, 2.24) is 9.88 Å². The molecule has 0 fully saturated rings. The molecule has 1 aromatic heterocycles. The molecule has 0 atom stereocenters. The number of nitrogens with two attached hydrogens (primary N) is 1. The van der Waals surface area contributed by atoms with Gasteiger partial charge in [0.15, 0.2) is 0 Å². The van der Waals surface area contributed by atoms with Crippen molar-refractivity contribution < 1.29 is 9.53 Å². The molecule has 0 radical (unpaired) electrons. The molecule has 0 aliphatic carbocycles. The first-order chi connectivity index (χ1) is 14.2. The molecule has 0 bridgehead atoms. The quantitative estimate of drug-likeness (QED) is 0.496. The van der Waals surface area contributed by atoms with E-state index in [1.54, 1.807) is 6.20 Å². The normalized spacial score (nSPS) is 9.87. The Balaban J connectivity index is 0.00000240. The smallest absolute Gasteiger partial charge is 0.254 e. The van der Waals surface area contributed by atoms with Crippen LogP contribution in [0.1, 0.15) is 33.6 Å². The Hall–Kier alpha value is -2.60. The Labute approximate surface area is 196 Å². The summed E-state index contributed by atoms with van der Waals surface area (Å²) in [7, 11) is 0. The summed E-state index contributed by atoms with van der Waals surface area (Å²) in [6.07, 6.45) is 2.47. The van der Waals surface area contributed by atoms with Gasteiger partial charge in [0.2, 0.25) is 0 Å². The van der Waals surface area contributed by atoms with Crippen LogP contribution in [0.15, 0.2) is 72.9 Å². The third kappa shape index (κ3) is 8.21. The van der Waals surface area contributed by atoms with Crippen LogP contribution >= 0.6 is 24.8 Å². The minimum Gasteiger partial charge on any atom is -0.487 e. The highest BCUT2D eigenvalue weighted by Gasteiger charge is 2.16. The molecular weight excluding hydrogens is 433 g/mol. The zero-order valence-electron chi connectivity index (χ0n) is 17.6. The lowest BCUT2D eigenvalue weighted by Crippen LogP contribution is -2.32. The third-order valence-electron chi connectivity index (χ3n) is 4.60.